The van der Waals surface area contributed by atoms with Gasteiger partial charge in [-0.2, -0.15) is 0 Å². The van der Waals surface area contributed by atoms with Gasteiger partial charge in [0.2, 0.25) is 0 Å². The Bertz CT molecular complexity index is 2900. The van der Waals surface area contributed by atoms with Gasteiger partial charge in [-0.1, -0.05) is 176 Å². The molecule has 0 radical (unpaired) electrons. The van der Waals surface area contributed by atoms with Crippen LogP contribution in [0.2, 0.25) is 0 Å². The summed E-state index contributed by atoms with van der Waals surface area (Å²) >= 11 is 0. The quantitative estimate of drug-likeness (QED) is 0.134. The fourth-order valence-corrected chi connectivity index (χ4v) is 7.98. The monoisotopic (exact) mass is 632 g/mol. The van der Waals surface area contributed by atoms with Gasteiger partial charge in [0.15, 0.2) is 0 Å². The van der Waals surface area contributed by atoms with E-state index in [1.54, 1.807) is 0 Å². The Balaban J connectivity index is 1.17. The summed E-state index contributed by atoms with van der Waals surface area (Å²) in [6.07, 6.45) is 0. The maximum absolute atomic E-state index is 2.40. The summed E-state index contributed by atoms with van der Waals surface area (Å²) in [6.45, 7) is 0. The van der Waals surface area contributed by atoms with Gasteiger partial charge in [-0.15, -0.1) is 0 Å². The molecule has 0 heterocycles. The van der Waals surface area contributed by atoms with Crippen LogP contribution in [0.1, 0.15) is 0 Å². The van der Waals surface area contributed by atoms with Gasteiger partial charge in [-0.3, -0.25) is 0 Å². The van der Waals surface area contributed by atoms with Gasteiger partial charge in [-0.05, 0) is 117 Å². The van der Waals surface area contributed by atoms with E-state index in [1.807, 2.05) is 0 Å². The van der Waals surface area contributed by atoms with E-state index in [2.05, 4.69) is 194 Å². The smallest absolute Gasteiger partial charge is 0.00259 e. The lowest BCUT2D eigenvalue weighted by Gasteiger charge is -2.19. The first kappa shape index (κ1) is 28.5. The summed E-state index contributed by atoms with van der Waals surface area (Å²) in [4.78, 5) is 0. The fourth-order valence-electron chi connectivity index (χ4n) is 7.98. The Labute approximate surface area is 291 Å². The molecule has 0 unspecified atom stereocenters. The molecular weight excluding hydrogens is 601 g/mol. The van der Waals surface area contributed by atoms with Crippen molar-refractivity contribution >= 4 is 53.9 Å². The van der Waals surface area contributed by atoms with Crippen molar-refractivity contribution < 1.29 is 0 Å². The van der Waals surface area contributed by atoms with Gasteiger partial charge in [0.25, 0.3) is 0 Å². The highest BCUT2D eigenvalue weighted by Crippen LogP contribution is 2.45. The lowest BCUT2D eigenvalue weighted by Crippen LogP contribution is -1.92. The number of fused-ring (bicyclic) bond motifs is 6. The summed E-state index contributed by atoms with van der Waals surface area (Å²) in [7, 11) is 0. The molecule has 0 heteroatoms. The van der Waals surface area contributed by atoms with Gasteiger partial charge in [-0.25, -0.2) is 0 Å². The Morgan fingerprint density at radius 3 is 1.40 bits per heavy atom. The van der Waals surface area contributed by atoms with E-state index in [0.717, 1.165) is 0 Å². The predicted molar refractivity (Wildman–Crippen MR) is 216 cm³/mol. The third-order valence-electron chi connectivity index (χ3n) is 10.4. The van der Waals surface area contributed by atoms with Gasteiger partial charge in [0, 0.05) is 0 Å². The van der Waals surface area contributed by atoms with Crippen LogP contribution in [0.3, 0.4) is 0 Å². The molecule has 0 bridgehead atoms. The molecule has 10 aromatic rings. The predicted octanol–water partition coefficient (Wildman–Crippen LogP) is 14.1. The first-order valence-corrected chi connectivity index (χ1v) is 17.3. The molecule has 0 amide bonds. The molecule has 0 aromatic heterocycles. The highest BCUT2D eigenvalue weighted by molar-refractivity contribution is 6.22. The largest absolute Gasteiger partial charge is 0.0622 e. The highest BCUT2D eigenvalue weighted by atomic mass is 14.2. The molecule has 0 saturated carbocycles. The first-order chi connectivity index (χ1) is 24.8. The summed E-state index contributed by atoms with van der Waals surface area (Å²) in [6, 6.07) is 71.4. The normalized spacial score (nSPS) is 11.6. The standard InChI is InChI=1S/C50H32/c1-2-10-33(11-3-1)40-27-29-47-48(32-40)50(42-25-20-34-12-4-5-14-38(34)31-42)46-17-9-8-16-45(46)49(47)37-22-18-35(19-23-37)39-26-28-44-41(30-39)24-21-36-13-6-7-15-43(36)44/h1-32H. The molecule has 232 valence electrons. The first-order valence-electron chi connectivity index (χ1n) is 17.3. The number of hydrogen-bond donors (Lipinski definition) is 0. The van der Waals surface area contributed by atoms with E-state index in [1.165, 1.54) is 98.4 Å². The van der Waals surface area contributed by atoms with Crippen molar-refractivity contribution in [3.63, 3.8) is 0 Å². The van der Waals surface area contributed by atoms with E-state index in [4.69, 9.17) is 0 Å². The van der Waals surface area contributed by atoms with E-state index >= 15 is 0 Å². The van der Waals surface area contributed by atoms with Crippen molar-refractivity contribution in [1.29, 1.82) is 0 Å². The van der Waals surface area contributed by atoms with Crippen molar-refractivity contribution in [3.05, 3.63) is 194 Å². The van der Waals surface area contributed by atoms with Crippen LogP contribution in [-0.2, 0) is 0 Å². The Kier molecular flexibility index (Phi) is 6.60. The van der Waals surface area contributed by atoms with E-state index in [9.17, 15) is 0 Å². The van der Waals surface area contributed by atoms with Crippen molar-refractivity contribution in [2.45, 2.75) is 0 Å². The van der Waals surface area contributed by atoms with Crippen molar-refractivity contribution in [1.82, 2.24) is 0 Å². The Hall–Kier alpha value is -6.50. The molecule has 0 nitrogen and oxygen atoms in total. The average molecular weight is 633 g/mol. The Morgan fingerprint density at radius 1 is 0.180 bits per heavy atom. The number of rotatable bonds is 4. The molecule has 0 spiro atoms. The third kappa shape index (κ3) is 4.69. The molecular formula is C50H32. The molecule has 50 heavy (non-hydrogen) atoms. The maximum atomic E-state index is 2.40. The fraction of sp³-hybridized carbons (Fsp3) is 0. The van der Waals surface area contributed by atoms with Crippen molar-refractivity contribution in [2.24, 2.45) is 0 Å². The molecule has 10 aromatic carbocycles. The molecule has 10 rings (SSSR count). The van der Waals surface area contributed by atoms with Crippen LogP contribution in [0.4, 0.5) is 0 Å². The number of hydrogen-bond acceptors (Lipinski definition) is 0. The molecule has 0 saturated heterocycles. The average Bonchev–Trinajstić information content (AvgIpc) is 3.19. The van der Waals surface area contributed by atoms with Gasteiger partial charge < -0.3 is 0 Å². The summed E-state index contributed by atoms with van der Waals surface area (Å²) in [5.74, 6) is 0. The van der Waals surface area contributed by atoms with Gasteiger partial charge >= 0.3 is 0 Å². The molecule has 0 aliphatic carbocycles. The zero-order valence-electron chi connectivity index (χ0n) is 27.5. The maximum Gasteiger partial charge on any atom is -0.00259 e. The van der Waals surface area contributed by atoms with Gasteiger partial charge in [0.1, 0.15) is 0 Å². The SMILES string of the molecule is c1ccc(-c2ccc3c(-c4ccc(-c5ccc6c(ccc7ccccc76)c5)cc4)c4ccccc4c(-c4ccc5ccccc5c4)c3c2)cc1. The lowest BCUT2D eigenvalue weighted by atomic mass is 9.84. The van der Waals surface area contributed by atoms with Crippen LogP contribution in [0.15, 0.2) is 194 Å². The highest BCUT2D eigenvalue weighted by Gasteiger charge is 2.18. The summed E-state index contributed by atoms with van der Waals surface area (Å²) in [5, 5.41) is 12.7. The van der Waals surface area contributed by atoms with Gasteiger partial charge in [0.05, 0.1) is 0 Å². The topological polar surface area (TPSA) is 0 Å². The summed E-state index contributed by atoms with van der Waals surface area (Å²) < 4.78 is 0. The van der Waals surface area contributed by atoms with Crippen molar-refractivity contribution in [3.8, 4) is 44.5 Å². The minimum atomic E-state index is 1.22. The second-order valence-electron chi connectivity index (χ2n) is 13.3. The van der Waals surface area contributed by atoms with Crippen LogP contribution in [0.25, 0.3) is 98.4 Å². The second kappa shape index (κ2) is 11.6. The van der Waals surface area contributed by atoms with Crippen LogP contribution in [0.5, 0.6) is 0 Å². The van der Waals surface area contributed by atoms with E-state index < -0.39 is 0 Å². The van der Waals surface area contributed by atoms with Crippen LogP contribution in [0, 0.1) is 0 Å². The zero-order valence-corrected chi connectivity index (χ0v) is 27.5. The molecule has 0 atom stereocenters. The van der Waals surface area contributed by atoms with Crippen LogP contribution in [-0.4, -0.2) is 0 Å². The lowest BCUT2D eigenvalue weighted by molar-refractivity contribution is 1.62. The molecule has 0 aliphatic heterocycles. The minimum Gasteiger partial charge on any atom is -0.0622 e. The second-order valence-corrected chi connectivity index (χ2v) is 13.3. The molecule has 0 aliphatic rings. The van der Waals surface area contributed by atoms with E-state index in [0.29, 0.717) is 0 Å². The Morgan fingerprint density at radius 2 is 0.620 bits per heavy atom. The molecule has 0 N–H and O–H groups in total. The van der Waals surface area contributed by atoms with Crippen LogP contribution < -0.4 is 0 Å². The summed E-state index contributed by atoms with van der Waals surface area (Å²) in [5.41, 5.74) is 9.91. The third-order valence-corrected chi connectivity index (χ3v) is 10.4. The molecule has 0 fully saturated rings. The minimum absolute atomic E-state index is 1.22. The van der Waals surface area contributed by atoms with Crippen molar-refractivity contribution in [2.75, 3.05) is 0 Å². The van der Waals surface area contributed by atoms with E-state index in [-0.39, 0.29) is 0 Å². The zero-order chi connectivity index (χ0) is 33.0. The van der Waals surface area contributed by atoms with Crippen LogP contribution >= 0.6 is 0 Å². The number of benzene rings is 10.